The lowest BCUT2D eigenvalue weighted by molar-refractivity contribution is 0.354. The van der Waals surface area contributed by atoms with Crippen molar-refractivity contribution >= 4 is 10.0 Å². The molecular weight excluding hydrogens is 374 g/mol. The quantitative estimate of drug-likeness (QED) is 0.696. The van der Waals surface area contributed by atoms with Crippen molar-refractivity contribution in [2.75, 3.05) is 20.8 Å². The van der Waals surface area contributed by atoms with Gasteiger partial charge in [0.2, 0.25) is 10.0 Å². The van der Waals surface area contributed by atoms with Crippen molar-refractivity contribution in [2.45, 2.75) is 23.7 Å². The Morgan fingerprint density at radius 2 is 1.61 bits per heavy atom. The zero-order valence-corrected chi connectivity index (χ0v) is 17.0. The first-order valence-electron chi connectivity index (χ1n) is 8.56. The van der Waals surface area contributed by atoms with Crippen LogP contribution >= 0.6 is 0 Å². The predicted octanol–water partition coefficient (Wildman–Crippen LogP) is 2.89. The number of hydrogen-bond donors (Lipinski definition) is 1. The molecule has 5 nitrogen and oxygen atoms in total. The molecule has 146 valence electrons. The van der Waals surface area contributed by atoms with Gasteiger partial charge in [-0.25, -0.2) is 13.1 Å². The summed E-state index contributed by atoms with van der Waals surface area (Å²) in [4.78, 5) is 0.191. The maximum atomic E-state index is 12.5. The number of methoxy groups -OCH3 is 2. The maximum absolute atomic E-state index is 12.5. The van der Waals surface area contributed by atoms with Crippen LogP contribution in [0.3, 0.4) is 0 Å². The lowest BCUT2D eigenvalue weighted by Crippen LogP contribution is -2.31. The summed E-state index contributed by atoms with van der Waals surface area (Å²) in [5.41, 5.74) is 0.547. The molecule has 2 rings (SSSR count). The lowest BCUT2D eigenvalue weighted by atomic mass is 9.79. The highest BCUT2D eigenvalue weighted by Crippen LogP contribution is 2.34. The third-order valence-corrected chi connectivity index (χ3v) is 5.97. The SMILES string of the molecule is C#CC(C#C)(CCNS(=O)(=O)c1ccc(C)cc1)c1ccc(OC)c(OC)c1. The topological polar surface area (TPSA) is 64.6 Å². The normalized spacial score (nSPS) is 11.3. The smallest absolute Gasteiger partial charge is 0.240 e. The third-order valence-electron chi connectivity index (χ3n) is 4.49. The molecule has 0 unspecified atom stereocenters. The van der Waals surface area contributed by atoms with E-state index in [1.807, 2.05) is 6.92 Å². The fraction of sp³-hybridized carbons (Fsp3) is 0.273. The van der Waals surface area contributed by atoms with E-state index in [0.717, 1.165) is 5.56 Å². The van der Waals surface area contributed by atoms with E-state index in [9.17, 15) is 8.42 Å². The molecule has 0 amide bonds. The van der Waals surface area contributed by atoms with E-state index < -0.39 is 15.4 Å². The number of nitrogens with one attached hydrogen (secondary N) is 1. The van der Waals surface area contributed by atoms with E-state index in [2.05, 4.69) is 16.6 Å². The standard InChI is InChI=1S/C22H23NO4S/c1-6-22(7-2,18-10-13-20(26-4)21(16-18)27-5)14-15-23-28(24,25)19-11-8-17(3)9-12-19/h1-2,8-13,16,23H,14-15H2,3-5H3. The summed E-state index contributed by atoms with van der Waals surface area (Å²) >= 11 is 0. The van der Waals surface area contributed by atoms with Crippen LogP contribution in [0.25, 0.3) is 0 Å². The Morgan fingerprint density at radius 3 is 2.14 bits per heavy atom. The molecule has 0 fully saturated rings. The molecule has 0 aromatic heterocycles. The average molecular weight is 397 g/mol. The highest BCUT2D eigenvalue weighted by Gasteiger charge is 2.29. The van der Waals surface area contributed by atoms with Crippen LogP contribution in [-0.4, -0.2) is 29.2 Å². The Morgan fingerprint density at radius 1 is 1.00 bits per heavy atom. The third kappa shape index (κ3) is 4.48. The largest absolute Gasteiger partial charge is 0.493 e. The average Bonchev–Trinajstić information content (AvgIpc) is 2.71. The molecule has 2 aromatic carbocycles. The Balaban J connectivity index is 2.22. The van der Waals surface area contributed by atoms with Crippen molar-refractivity contribution < 1.29 is 17.9 Å². The summed E-state index contributed by atoms with van der Waals surface area (Å²) in [6, 6.07) is 11.8. The van der Waals surface area contributed by atoms with Crippen LogP contribution in [0.15, 0.2) is 47.4 Å². The van der Waals surface area contributed by atoms with Gasteiger partial charge in [-0.05, 0) is 43.2 Å². The van der Waals surface area contributed by atoms with Gasteiger partial charge in [-0.3, -0.25) is 0 Å². The first kappa shape index (κ1) is 21.4. The van der Waals surface area contributed by atoms with Crippen molar-refractivity contribution in [3.05, 3.63) is 53.6 Å². The molecule has 0 saturated carbocycles. The van der Waals surface area contributed by atoms with Gasteiger partial charge in [0.05, 0.1) is 19.1 Å². The number of rotatable bonds is 8. The van der Waals surface area contributed by atoms with Crippen molar-refractivity contribution in [1.82, 2.24) is 4.72 Å². The highest BCUT2D eigenvalue weighted by molar-refractivity contribution is 7.89. The highest BCUT2D eigenvalue weighted by atomic mass is 32.2. The van der Waals surface area contributed by atoms with Gasteiger partial charge in [0.15, 0.2) is 11.5 Å². The van der Waals surface area contributed by atoms with Crippen molar-refractivity contribution in [3.8, 4) is 36.2 Å². The molecule has 0 aliphatic heterocycles. The summed E-state index contributed by atoms with van der Waals surface area (Å²) in [6.45, 7) is 1.97. The number of hydrogen-bond acceptors (Lipinski definition) is 4. The van der Waals surface area contributed by atoms with E-state index in [1.165, 1.54) is 14.2 Å². The lowest BCUT2D eigenvalue weighted by Gasteiger charge is -2.24. The number of aryl methyl sites for hydroxylation is 1. The summed E-state index contributed by atoms with van der Waals surface area (Å²) in [6.07, 6.45) is 11.7. The number of sulfonamides is 1. The van der Waals surface area contributed by atoms with Crippen LogP contribution in [0.2, 0.25) is 0 Å². The summed E-state index contributed by atoms with van der Waals surface area (Å²) < 4.78 is 38.1. The van der Waals surface area contributed by atoms with Crippen LogP contribution in [0.4, 0.5) is 0 Å². The molecule has 2 aromatic rings. The van der Waals surface area contributed by atoms with E-state index >= 15 is 0 Å². The van der Waals surface area contributed by atoms with Gasteiger partial charge < -0.3 is 9.47 Å². The molecule has 0 heterocycles. The summed E-state index contributed by atoms with van der Waals surface area (Å²) in [7, 11) is -0.600. The van der Waals surface area contributed by atoms with Gasteiger partial charge in [-0.2, -0.15) is 0 Å². The Hall–Kier alpha value is -2.93. The van der Waals surface area contributed by atoms with E-state index in [-0.39, 0.29) is 17.9 Å². The molecule has 0 bridgehead atoms. The fourth-order valence-corrected chi connectivity index (χ4v) is 3.80. The zero-order chi connectivity index (χ0) is 20.8. The first-order valence-corrected chi connectivity index (χ1v) is 10.0. The van der Waals surface area contributed by atoms with Crippen LogP contribution in [0, 0.1) is 31.6 Å². The zero-order valence-electron chi connectivity index (χ0n) is 16.2. The minimum Gasteiger partial charge on any atom is -0.493 e. The second kappa shape index (κ2) is 8.84. The van der Waals surface area contributed by atoms with Gasteiger partial charge in [0.1, 0.15) is 5.41 Å². The minimum absolute atomic E-state index is 0.0823. The van der Waals surface area contributed by atoms with Gasteiger partial charge in [-0.15, -0.1) is 12.8 Å². The summed E-state index contributed by atoms with van der Waals surface area (Å²) in [5, 5.41) is 0. The molecule has 0 spiro atoms. The Bertz CT molecular complexity index is 998. The molecule has 0 saturated heterocycles. The number of terminal acetylenes is 2. The van der Waals surface area contributed by atoms with Gasteiger partial charge >= 0.3 is 0 Å². The van der Waals surface area contributed by atoms with Crippen LogP contribution in [-0.2, 0) is 15.4 Å². The fourth-order valence-electron chi connectivity index (χ4n) is 2.77. The monoisotopic (exact) mass is 397 g/mol. The van der Waals surface area contributed by atoms with E-state index in [0.29, 0.717) is 17.1 Å². The molecular formula is C22H23NO4S. The molecule has 0 aliphatic carbocycles. The first-order chi connectivity index (χ1) is 13.3. The molecule has 0 radical (unpaired) electrons. The van der Waals surface area contributed by atoms with Crippen molar-refractivity contribution in [3.63, 3.8) is 0 Å². The van der Waals surface area contributed by atoms with Crippen molar-refractivity contribution in [2.24, 2.45) is 0 Å². The maximum Gasteiger partial charge on any atom is 0.240 e. The van der Waals surface area contributed by atoms with Gasteiger partial charge in [0, 0.05) is 6.54 Å². The molecule has 1 N–H and O–H groups in total. The minimum atomic E-state index is -3.65. The molecule has 6 heteroatoms. The summed E-state index contributed by atoms with van der Waals surface area (Å²) in [5.74, 6) is 6.32. The van der Waals surface area contributed by atoms with Crippen LogP contribution < -0.4 is 14.2 Å². The van der Waals surface area contributed by atoms with Gasteiger partial charge in [-0.1, -0.05) is 35.6 Å². The Labute approximate surface area is 167 Å². The molecule has 0 atom stereocenters. The Kier molecular flexibility index (Phi) is 6.75. The number of benzene rings is 2. The van der Waals surface area contributed by atoms with Crippen molar-refractivity contribution in [1.29, 1.82) is 0 Å². The van der Waals surface area contributed by atoms with E-state index in [4.69, 9.17) is 22.3 Å². The second-order valence-electron chi connectivity index (χ2n) is 6.22. The molecule has 28 heavy (non-hydrogen) atoms. The second-order valence-corrected chi connectivity index (χ2v) is 7.99. The van der Waals surface area contributed by atoms with E-state index in [1.54, 1.807) is 42.5 Å². The molecule has 0 aliphatic rings. The predicted molar refractivity (Wildman–Crippen MR) is 110 cm³/mol. The van der Waals surface area contributed by atoms with Gasteiger partial charge in [0.25, 0.3) is 0 Å². The number of ether oxygens (including phenoxy) is 2. The van der Waals surface area contributed by atoms with Crippen LogP contribution in [0.1, 0.15) is 17.5 Å². The van der Waals surface area contributed by atoms with Crippen LogP contribution in [0.5, 0.6) is 11.5 Å².